The van der Waals surface area contributed by atoms with Crippen molar-refractivity contribution in [3.05, 3.63) is 73.5 Å². The van der Waals surface area contributed by atoms with Crippen molar-refractivity contribution in [2.75, 3.05) is 7.11 Å². The molecule has 0 bridgehead atoms. The van der Waals surface area contributed by atoms with Crippen LogP contribution in [0.3, 0.4) is 0 Å². The molecular formula is C22H25N3O4S. The first-order valence-corrected chi connectivity index (χ1v) is 10.6. The van der Waals surface area contributed by atoms with Gasteiger partial charge in [0.1, 0.15) is 11.4 Å². The monoisotopic (exact) mass is 427 g/mol. The second kappa shape index (κ2) is 10.1. The predicted octanol–water partition coefficient (Wildman–Crippen LogP) is 3.41. The van der Waals surface area contributed by atoms with E-state index in [9.17, 15) is 14.7 Å². The third-order valence-corrected chi connectivity index (χ3v) is 5.60. The molecular weight excluding hydrogens is 402 g/mol. The highest BCUT2D eigenvalue weighted by Gasteiger charge is 2.12. The second-order valence-corrected chi connectivity index (χ2v) is 8.01. The molecule has 0 saturated carbocycles. The summed E-state index contributed by atoms with van der Waals surface area (Å²) in [5, 5.41) is 12.7. The zero-order valence-corrected chi connectivity index (χ0v) is 17.8. The van der Waals surface area contributed by atoms with Crippen LogP contribution in [-0.2, 0) is 19.4 Å². The number of pyridine rings is 1. The molecule has 0 aliphatic rings. The number of aromatic amines is 1. The van der Waals surface area contributed by atoms with Gasteiger partial charge in [-0.3, -0.25) is 19.6 Å². The number of hydrogen-bond acceptors (Lipinski definition) is 6. The summed E-state index contributed by atoms with van der Waals surface area (Å²) >= 11 is 0.976. The summed E-state index contributed by atoms with van der Waals surface area (Å²) in [5.41, 5.74) is 3.18. The van der Waals surface area contributed by atoms with Gasteiger partial charge in [0.05, 0.1) is 12.0 Å². The predicted molar refractivity (Wildman–Crippen MR) is 116 cm³/mol. The minimum atomic E-state index is -0.295. The summed E-state index contributed by atoms with van der Waals surface area (Å²) in [4.78, 5) is 30.8. The van der Waals surface area contributed by atoms with E-state index in [1.807, 2.05) is 24.3 Å². The molecule has 1 amide bonds. The Morgan fingerprint density at radius 3 is 2.70 bits per heavy atom. The quantitative estimate of drug-likeness (QED) is 0.485. The number of aromatic hydroxyl groups is 1. The van der Waals surface area contributed by atoms with Gasteiger partial charge in [-0.25, -0.2) is 0 Å². The Labute approximate surface area is 178 Å². The van der Waals surface area contributed by atoms with E-state index >= 15 is 0 Å². The number of nitrogens with zero attached hydrogens (tertiary/aromatic N) is 1. The number of aryl methyl sites for hydroxylation is 1. The Bertz CT molecular complexity index is 1060. The van der Waals surface area contributed by atoms with Gasteiger partial charge in [-0.1, -0.05) is 36.8 Å². The topological polar surface area (TPSA) is 104 Å². The maximum Gasteiger partial charge on any atom is 0.307 e. The third-order valence-electron chi connectivity index (χ3n) is 4.73. The highest BCUT2D eigenvalue weighted by Crippen LogP contribution is 2.25. The van der Waals surface area contributed by atoms with Crippen LogP contribution in [0, 0.1) is 0 Å². The van der Waals surface area contributed by atoms with E-state index < -0.39 is 0 Å². The summed E-state index contributed by atoms with van der Waals surface area (Å²) in [6.07, 6.45) is 5.33. The molecule has 3 aromatic rings. The lowest BCUT2D eigenvalue weighted by Crippen LogP contribution is -2.24. The maximum absolute atomic E-state index is 12.5. The molecule has 0 spiro atoms. The molecule has 0 radical (unpaired) electrons. The van der Waals surface area contributed by atoms with Gasteiger partial charge in [-0.2, -0.15) is 0 Å². The molecule has 1 aromatic carbocycles. The molecule has 7 nitrogen and oxygen atoms in total. The standard InChI is InChI=1S/C22H25N3O4S/c1-3-4-5-14-6-8-17(23-12-14)20(26)24-13-16-10-15(7-9-18(16)29-2)11-19-21(27)25-22(28)30-19/h6-10,12,27H,3-5,11,13H2,1-2H3,(H,24,26)(H,25,28). The molecule has 8 heteroatoms. The molecule has 3 N–H and O–H groups in total. The van der Waals surface area contributed by atoms with Gasteiger partial charge in [-0.05, 0) is 42.2 Å². The maximum atomic E-state index is 12.5. The molecule has 0 fully saturated rings. The molecule has 2 heterocycles. The zero-order valence-electron chi connectivity index (χ0n) is 17.0. The number of carbonyl (C=O) groups excluding carboxylic acids is 1. The lowest BCUT2D eigenvalue weighted by Gasteiger charge is -2.12. The Balaban J connectivity index is 1.68. The zero-order chi connectivity index (χ0) is 21.5. The number of ether oxygens (including phenoxy) is 1. The summed E-state index contributed by atoms with van der Waals surface area (Å²) in [5.74, 6) is 0.281. The molecule has 3 rings (SSSR count). The highest BCUT2D eigenvalue weighted by molar-refractivity contribution is 7.09. The normalized spacial score (nSPS) is 10.7. The van der Waals surface area contributed by atoms with E-state index in [0.29, 0.717) is 22.7 Å². The fourth-order valence-electron chi connectivity index (χ4n) is 3.09. The Kier molecular flexibility index (Phi) is 7.24. The Morgan fingerprint density at radius 1 is 1.27 bits per heavy atom. The van der Waals surface area contributed by atoms with Crippen molar-refractivity contribution in [2.45, 2.75) is 39.2 Å². The van der Waals surface area contributed by atoms with Crippen LogP contribution in [0.25, 0.3) is 0 Å². The number of methoxy groups -OCH3 is 1. The summed E-state index contributed by atoms with van der Waals surface area (Å²) < 4.78 is 5.40. The van der Waals surface area contributed by atoms with Crippen LogP contribution in [0.2, 0.25) is 0 Å². The highest BCUT2D eigenvalue weighted by atomic mass is 32.1. The fourth-order valence-corrected chi connectivity index (χ4v) is 3.85. The van der Waals surface area contributed by atoms with Crippen molar-refractivity contribution in [1.29, 1.82) is 0 Å². The van der Waals surface area contributed by atoms with E-state index in [-0.39, 0.29) is 23.2 Å². The number of nitrogens with one attached hydrogen (secondary N) is 2. The average Bonchev–Trinajstić information content (AvgIpc) is 3.07. The van der Waals surface area contributed by atoms with Crippen molar-refractivity contribution >= 4 is 17.2 Å². The van der Waals surface area contributed by atoms with Crippen LogP contribution in [0.1, 0.15) is 51.8 Å². The molecule has 0 saturated heterocycles. The fraction of sp³-hybridized carbons (Fsp3) is 0.318. The van der Waals surface area contributed by atoms with Crippen LogP contribution >= 0.6 is 11.3 Å². The minimum Gasteiger partial charge on any atom is -0.496 e. The lowest BCUT2D eigenvalue weighted by atomic mass is 10.1. The van der Waals surface area contributed by atoms with Crippen LogP contribution in [0.5, 0.6) is 11.6 Å². The molecule has 0 aliphatic carbocycles. The van der Waals surface area contributed by atoms with E-state index in [2.05, 4.69) is 22.2 Å². The van der Waals surface area contributed by atoms with Crippen molar-refractivity contribution in [1.82, 2.24) is 15.3 Å². The average molecular weight is 428 g/mol. The number of unbranched alkanes of at least 4 members (excludes halogenated alkanes) is 1. The molecule has 30 heavy (non-hydrogen) atoms. The minimum absolute atomic E-state index is 0.107. The van der Waals surface area contributed by atoms with E-state index in [1.165, 1.54) is 0 Å². The smallest absolute Gasteiger partial charge is 0.307 e. The van der Waals surface area contributed by atoms with Gasteiger partial charge < -0.3 is 15.2 Å². The van der Waals surface area contributed by atoms with Gasteiger partial charge in [0, 0.05) is 24.7 Å². The van der Waals surface area contributed by atoms with Crippen molar-refractivity contribution < 1.29 is 14.6 Å². The van der Waals surface area contributed by atoms with Crippen molar-refractivity contribution in [2.24, 2.45) is 0 Å². The first-order valence-electron chi connectivity index (χ1n) is 9.80. The van der Waals surface area contributed by atoms with Gasteiger partial charge in [0.15, 0.2) is 0 Å². The van der Waals surface area contributed by atoms with E-state index in [1.54, 1.807) is 19.4 Å². The number of amides is 1. The summed E-state index contributed by atoms with van der Waals surface area (Å²) in [6, 6.07) is 9.25. The van der Waals surface area contributed by atoms with Gasteiger partial charge in [0.25, 0.3) is 5.91 Å². The third kappa shape index (κ3) is 5.48. The summed E-state index contributed by atoms with van der Waals surface area (Å²) in [6.45, 7) is 2.41. The number of carbonyl (C=O) groups is 1. The molecule has 2 aromatic heterocycles. The molecule has 0 atom stereocenters. The van der Waals surface area contributed by atoms with Crippen LogP contribution in [0.4, 0.5) is 0 Å². The Morgan fingerprint density at radius 2 is 2.07 bits per heavy atom. The van der Waals surface area contributed by atoms with Crippen LogP contribution in [-0.4, -0.2) is 28.1 Å². The number of hydrogen-bond donors (Lipinski definition) is 3. The van der Waals surface area contributed by atoms with Gasteiger partial charge in [0.2, 0.25) is 5.88 Å². The van der Waals surface area contributed by atoms with E-state index in [0.717, 1.165) is 47.3 Å². The lowest BCUT2D eigenvalue weighted by molar-refractivity contribution is 0.0945. The van der Waals surface area contributed by atoms with Crippen molar-refractivity contribution in [3.63, 3.8) is 0 Å². The molecule has 0 unspecified atom stereocenters. The molecule has 158 valence electrons. The van der Waals surface area contributed by atoms with Gasteiger partial charge >= 0.3 is 4.87 Å². The molecule has 0 aliphatic heterocycles. The SMILES string of the molecule is CCCCc1ccc(C(=O)NCc2cc(Cc3sc(=O)[nH]c3O)ccc2OC)nc1. The number of rotatable bonds is 9. The van der Waals surface area contributed by atoms with Crippen molar-refractivity contribution in [3.8, 4) is 11.6 Å². The van der Waals surface area contributed by atoms with Crippen LogP contribution < -0.4 is 14.9 Å². The second-order valence-electron chi connectivity index (χ2n) is 6.95. The number of H-pyrrole nitrogens is 1. The first kappa shape index (κ1) is 21.6. The number of thiazole rings is 1. The number of aromatic nitrogens is 2. The largest absolute Gasteiger partial charge is 0.496 e. The van der Waals surface area contributed by atoms with Crippen LogP contribution in [0.15, 0.2) is 41.3 Å². The Hall–Kier alpha value is -3.13. The van der Waals surface area contributed by atoms with Gasteiger partial charge in [-0.15, -0.1) is 0 Å². The van der Waals surface area contributed by atoms with E-state index in [4.69, 9.17) is 4.74 Å². The summed E-state index contributed by atoms with van der Waals surface area (Å²) in [7, 11) is 1.57. The number of benzene rings is 1. The first-order chi connectivity index (χ1) is 14.5.